The maximum Gasteiger partial charge on any atom is 0.335 e. The number of rotatable bonds is 7. The number of ether oxygens (including phenoxy) is 2. The summed E-state index contributed by atoms with van der Waals surface area (Å²) in [6, 6.07) is 20.2. The number of urea groups is 1. The maximum absolute atomic E-state index is 13.2. The molecule has 0 bridgehead atoms. The van der Waals surface area contributed by atoms with Crippen molar-refractivity contribution in [3.05, 3.63) is 94.5 Å². The Morgan fingerprint density at radius 3 is 2.38 bits per heavy atom. The Labute approximate surface area is 201 Å². The molecular weight excluding hydrogens is 456 g/mol. The standard InChI is InChI=1S/C26H21ClN2O5/c1-2-33-23-13-8-19(27)14-18(23)15-22-24(30)28-26(32)29(25(22)31)20-9-11-21(12-10-20)34-16-17-6-4-3-5-7-17/h3-15H,2,16H2,1H3,(H,28,30,32)/b22-15+. The molecule has 1 saturated heterocycles. The summed E-state index contributed by atoms with van der Waals surface area (Å²) in [5.41, 5.74) is 1.54. The summed E-state index contributed by atoms with van der Waals surface area (Å²) >= 11 is 6.09. The summed E-state index contributed by atoms with van der Waals surface area (Å²) in [5, 5.41) is 2.62. The zero-order chi connectivity index (χ0) is 24.1. The summed E-state index contributed by atoms with van der Waals surface area (Å²) in [4.78, 5) is 39.1. The van der Waals surface area contributed by atoms with E-state index in [1.807, 2.05) is 37.3 Å². The van der Waals surface area contributed by atoms with E-state index in [2.05, 4.69) is 5.32 Å². The second-order valence-corrected chi connectivity index (χ2v) is 7.78. The van der Waals surface area contributed by atoms with Crippen LogP contribution in [-0.4, -0.2) is 24.5 Å². The van der Waals surface area contributed by atoms with Crippen LogP contribution in [0, 0.1) is 0 Å². The first-order valence-electron chi connectivity index (χ1n) is 10.6. The fourth-order valence-corrected chi connectivity index (χ4v) is 3.58. The van der Waals surface area contributed by atoms with Crippen molar-refractivity contribution in [1.29, 1.82) is 0 Å². The molecule has 3 aromatic rings. The monoisotopic (exact) mass is 476 g/mol. The fourth-order valence-electron chi connectivity index (χ4n) is 3.40. The highest BCUT2D eigenvalue weighted by Gasteiger charge is 2.37. The van der Waals surface area contributed by atoms with E-state index < -0.39 is 17.8 Å². The van der Waals surface area contributed by atoms with E-state index in [9.17, 15) is 14.4 Å². The molecule has 4 amide bonds. The van der Waals surface area contributed by atoms with Gasteiger partial charge in [0, 0.05) is 10.6 Å². The molecule has 1 N–H and O–H groups in total. The molecule has 0 saturated carbocycles. The van der Waals surface area contributed by atoms with Crippen LogP contribution in [0.15, 0.2) is 78.4 Å². The minimum absolute atomic E-state index is 0.216. The number of amides is 4. The lowest BCUT2D eigenvalue weighted by atomic mass is 10.1. The van der Waals surface area contributed by atoms with Gasteiger partial charge in [0.2, 0.25) is 0 Å². The minimum atomic E-state index is -0.832. The van der Waals surface area contributed by atoms with Crippen molar-refractivity contribution in [2.75, 3.05) is 11.5 Å². The predicted molar refractivity (Wildman–Crippen MR) is 129 cm³/mol. The normalized spacial score (nSPS) is 14.8. The number of carbonyl (C=O) groups is 3. The third-order valence-electron chi connectivity index (χ3n) is 5.02. The van der Waals surface area contributed by atoms with Gasteiger partial charge in [-0.3, -0.25) is 14.9 Å². The van der Waals surface area contributed by atoms with E-state index in [0.717, 1.165) is 10.5 Å². The molecule has 0 radical (unpaired) electrons. The van der Waals surface area contributed by atoms with Crippen LogP contribution in [0.2, 0.25) is 5.02 Å². The first-order valence-corrected chi connectivity index (χ1v) is 10.9. The third kappa shape index (κ3) is 5.10. The van der Waals surface area contributed by atoms with Crippen LogP contribution in [0.3, 0.4) is 0 Å². The van der Waals surface area contributed by atoms with Crippen molar-refractivity contribution in [3.63, 3.8) is 0 Å². The Hall–Kier alpha value is -4.10. The molecule has 1 heterocycles. The van der Waals surface area contributed by atoms with E-state index in [1.54, 1.807) is 42.5 Å². The lowest BCUT2D eigenvalue weighted by molar-refractivity contribution is -0.122. The van der Waals surface area contributed by atoms with Gasteiger partial charge in [0.05, 0.1) is 12.3 Å². The minimum Gasteiger partial charge on any atom is -0.493 e. The van der Waals surface area contributed by atoms with Crippen molar-refractivity contribution in [2.24, 2.45) is 0 Å². The lowest BCUT2D eigenvalue weighted by Crippen LogP contribution is -2.54. The van der Waals surface area contributed by atoms with Crippen molar-refractivity contribution >= 4 is 41.2 Å². The van der Waals surface area contributed by atoms with Gasteiger partial charge in [-0.05, 0) is 61.0 Å². The average molecular weight is 477 g/mol. The highest BCUT2D eigenvalue weighted by atomic mass is 35.5. The first-order chi connectivity index (χ1) is 16.5. The fraction of sp³-hybridized carbons (Fsp3) is 0.115. The lowest BCUT2D eigenvalue weighted by Gasteiger charge is -2.26. The molecule has 1 fully saturated rings. The molecular formula is C26H21ClN2O5. The summed E-state index contributed by atoms with van der Waals surface area (Å²) in [7, 11) is 0. The molecule has 1 aliphatic rings. The summed E-state index contributed by atoms with van der Waals surface area (Å²) < 4.78 is 11.3. The van der Waals surface area contributed by atoms with E-state index in [-0.39, 0.29) is 5.57 Å². The second-order valence-electron chi connectivity index (χ2n) is 7.34. The van der Waals surface area contributed by atoms with Crippen molar-refractivity contribution in [3.8, 4) is 11.5 Å². The van der Waals surface area contributed by atoms with Gasteiger partial charge in [-0.2, -0.15) is 0 Å². The Morgan fingerprint density at radius 2 is 1.68 bits per heavy atom. The highest BCUT2D eigenvalue weighted by molar-refractivity contribution is 6.39. The molecule has 34 heavy (non-hydrogen) atoms. The summed E-state index contributed by atoms with van der Waals surface area (Å²) in [5.74, 6) is -0.515. The van der Waals surface area contributed by atoms with Crippen LogP contribution in [0.5, 0.6) is 11.5 Å². The van der Waals surface area contributed by atoms with Gasteiger partial charge >= 0.3 is 6.03 Å². The van der Waals surface area contributed by atoms with Crippen molar-refractivity contribution in [2.45, 2.75) is 13.5 Å². The zero-order valence-electron chi connectivity index (χ0n) is 18.3. The number of barbiturate groups is 1. The molecule has 0 spiro atoms. The molecule has 0 unspecified atom stereocenters. The number of nitrogens with one attached hydrogen (secondary N) is 1. The van der Waals surface area contributed by atoms with Gasteiger partial charge in [-0.15, -0.1) is 0 Å². The molecule has 3 aromatic carbocycles. The predicted octanol–water partition coefficient (Wildman–Crippen LogP) is 4.98. The number of halogens is 1. The van der Waals surface area contributed by atoms with Gasteiger partial charge in [0.15, 0.2) is 0 Å². The first kappa shape index (κ1) is 23.1. The quantitative estimate of drug-likeness (QED) is 0.384. The van der Waals surface area contributed by atoms with Gasteiger partial charge in [-0.25, -0.2) is 9.69 Å². The summed E-state index contributed by atoms with van der Waals surface area (Å²) in [6.45, 7) is 2.59. The molecule has 0 atom stereocenters. The van der Waals surface area contributed by atoms with Gasteiger partial charge in [-0.1, -0.05) is 41.9 Å². The number of nitrogens with zero attached hydrogens (tertiary/aromatic N) is 1. The number of hydrogen-bond acceptors (Lipinski definition) is 5. The van der Waals surface area contributed by atoms with Crippen LogP contribution in [0.1, 0.15) is 18.1 Å². The topological polar surface area (TPSA) is 84.9 Å². The van der Waals surface area contributed by atoms with E-state index in [0.29, 0.717) is 41.0 Å². The number of carbonyl (C=O) groups excluding carboxylic acids is 3. The Balaban J connectivity index is 1.58. The average Bonchev–Trinajstić information content (AvgIpc) is 2.83. The highest BCUT2D eigenvalue weighted by Crippen LogP contribution is 2.28. The molecule has 0 aliphatic carbocycles. The Kier molecular flexibility index (Phi) is 6.94. The maximum atomic E-state index is 13.2. The van der Waals surface area contributed by atoms with E-state index in [1.165, 1.54) is 6.08 Å². The smallest absolute Gasteiger partial charge is 0.335 e. The zero-order valence-corrected chi connectivity index (χ0v) is 19.0. The van der Waals surface area contributed by atoms with Crippen LogP contribution >= 0.6 is 11.6 Å². The van der Waals surface area contributed by atoms with Crippen LogP contribution in [0.4, 0.5) is 10.5 Å². The molecule has 8 heteroatoms. The van der Waals surface area contributed by atoms with E-state index >= 15 is 0 Å². The number of hydrogen-bond donors (Lipinski definition) is 1. The second kappa shape index (κ2) is 10.2. The Bertz CT molecular complexity index is 1260. The molecule has 1 aliphatic heterocycles. The molecule has 7 nitrogen and oxygen atoms in total. The van der Waals surface area contributed by atoms with Crippen LogP contribution in [-0.2, 0) is 16.2 Å². The van der Waals surface area contributed by atoms with E-state index in [4.69, 9.17) is 21.1 Å². The van der Waals surface area contributed by atoms with Gasteiger partial charge < -0.3 is 9.47 Å². The SMILES string of the molecule is CCOc1ccc(Cl)cc1/C=C1\C(=O)NC(=O)N(c2ccc(OCc3ccccc3)cc2)C1=O. The summed E-state index contributed by atoms with van der Waals surface area (Å²) in [6.07, 6.45) is 1.37. The van der Waals surface area contributed by atoms with Crippen molar-refractivity contribution < 1.29 is 23.9 Å². The van der Waals surface area contributed by atoms with Crippen molar-refractivity contribution in [1.82, 2.24) is 5.32 Å². The van der Waals surface area contributed by atoms with Crippen LogP contribution in [0.25, 0.3) is 6.08 Å². The van der Waals surface area contributed by atoms with Gasteiger partial charge in [0.1, 0.15) is 23.7 Å². The number of anilines is 1. The molecule has 4 rings (SSSR count). The molecule has 172 valence electrons. The van der Waals surface area contributed by atoms with Gasteiger partial charge in [0.25, 0.3) is 11.8 Å². The molecule has 0 aromatic heterocycles. The Morgan fingerprint density at radius 1 is 0.941 bits per heavy atom. The third-order valence-corrected chi connectivity index (χ3v) is 5.25. The van der Waals surface area contributed by atoms with Crippen LogP contribution < -0.4 is 19.7 Å². The number of imide groups is 2. The number of benzene rings is 3. The largest absolute Gasteiger partial charge is 0.493 e.